The van der Waals surface area contributed by atoms with Gasteiger partial charge in [-0.15, -0.1) is 0 Å². The highest BCUT2D eigenvalue weighted by atomic mass is 35.5. The summed E-state index contributed by atoms with van der Waals surface area (Å²) in [6.45, 7) is 0. The molecule has 0 aliphatic rings. The molecule has 1 atom stereocenters. The summed E-state index contributed by atoms with van der Waals surface area (Å²) in [5.74, 6) is -2.62. The summed E-state index contributed by atoms with van der Waals surface area (Å²) < 4.78 is 14.7. The molecule has 0 saturated heterocycles. The Balaban J connectivity index is 1.92. The van der Waals surface area contributed by atoms with Gasteiger partial charge in [-0.25, -0.2) is 9.07 Å². The van der Waals surface area contributed by atoms with Crippen molar-refractivity contribution < 1.29 is 19.1 Å². The molecule has 0 fully saturated rings. The fraction of sp³-hybridized carbons (Fsp3) is 0.105. The van der Waals surface area contributed by atoms with Crippen molar-refractivity contribution in [3.05, 3.63) is 86.0 Å². The van der Waals surface area contributed by atoms with Crippen LogP contribution in [0.15, 0.2) is 53.3 Å². The number of rotatable bonds is 6. The standard InChI is InChI=1S/C19H14Cl2FN3O4/c20-12-6-5-10(22)7-11(12)14(9-18(27)28)23-19(29)15-8-17(26)25(24-15)16-4-2-1-3-13(16)21/h1-8,14,24H,9H2,(H,23,29)(H,27,28). The lowest BCUT2D eigenvalue weighted by molar-refractivity contribution is -0.137. The van der Waals surface area contributed by atoms with Gasteiger partial charge in [0, 0.05) is 11.1 Å². The van der Waals surface area contributed by atoms with E-state index >= 15 is 0 Å². The van der Waals surface area contributed by atoms with Gasteiger partial charge in [0.1, 0.15) is 11.5 Å². The second kappa shape index (κ2) is 8.50. The lowest BCUT2D eigenvalue weighted by Gasteiger charge is -2.18. The van der Waals surface area contributed by atoms with Gasteiger partial charge in [0.2, 0.25) is 0 Å². The predicted molar refractivity (Wildman–Crippen MR) is 105 cm³/mol. The zero-order valence-electron chi connectivity index (χ0n) is 14.7. The highest BCUT2D eigenvalue weighted by Gasteiger charge is 2.23. The Bertz CT molecular complexity index is 1140. The number of amides is 1. The Kier molecular flexibility index (Phi) is 6.05. The first kappa shape index (κ1) is 20.6. The molecule has 0 radical (unpaired) electrons. The molecule has 0 saturated carbocycles. The van der Waals surface area contributed by atoms with Crippen molar-refractivity contribution in [1.82, 2.24) is 15.1 Å². The van der Waals surface area contributed by atoms with Gasteiger partial charge in [-0.05, 0) is 35.9 Å². The molecule has 29 heavy (non-hydrogen) atoms. The summed E-state index contributed by atoms with van der Waals surface area (Å²) in [5.41, 5.74) is -0.219. The van der Waals surface area contributed by atoms with Crippen LogP contribution in [-0.4, -0.2) is 26.8 Å². The van der Waals surface area contributed by atoms with Crippen LogP contribution in [0.25, 0.3) is 5.69 Å². The monoisotopic (exact) mass is 437 g/mol. The Hall–Kier alpha value is -3.10. The predicted octanol–water partition coefficient (Wildman–Crippen LogP) is 3.56. The van der Waals surface area contributed by atoms with Crippen LogP contribution in [-0.2, 0) is 4.79 Å². The largest absolute Gasteiger partial charge is 0.481 e. The number of aromatic amines is 1. The van der Waals surface area contributed by atoms with Crippen LogP contribution in [0.3, 0.4) is 0 Å². The highest BCUT2D eigenvalue weighted by Crippen LogP contribution is 2.26. The van der Waals surface area contributed by atoms with Crippen LogP contribution in [0.5, 0.6) is 0 Å². The van der Waals surface area contributed by atoms with Gasteiger partial charge in [-0.3, -0.25) is 19.5 Å². The van der Waals surface area contributed by atoms with E-state index in [1.54, 1.807) is 24.3 Å². The zero-order chi connectivity index (χ0) is 21.1. The Morgan fingerprint density at radius 1 is 1.14 bits per heavy atom. The summed E-state index contributed by atoms with van der Waals surface area (Å²) >= 11 is 12.1. The van der Waals surface area contributed by atoms with Gasteiger partial charge >= 0.3 is 5.97 Å². The van der Waals surface area contributed by atoms with E-state index in [4.69, 9.17) is 28.3 Å². The normalized spacial score (nSPS) is 11.8. The maximum Gasteiger partial charge on any atom is 0.305 e. The van der Waals surface area contributed by atoms with Crippen LogP contribution in [0.2, 0.25) is 10.0 Å². The number of carboxylic acids is 1. The van der Waals surface area contributed by atoms with Crippen LogP contribution >= 0.6 is 23.2 Å². The van der Waals surface area contributed by atoms with E-state index in [-0.39, 0.29) is 16.3 Å². The SMILES string of the molecule is O=C(O)CC(NC(=O)c1cc(=O)n(-c2ccccc2Cl)[nH]1)c1cc(F)ccc1Cl. The van der Waals surface area contributed by atoms with Crippen molar-refractivity contribution in [2.24, 2.45) is 0 Å². The first-order chi connectivity index (χ1) is 13.8. The molecule has 150 valence electrons. The molecule has 3 rings (SSSR count). The number of hydrogen-bond donors (Lipinski definition) is 3. The number of hydrogen-bond acceptors (Lipinski definition) is 3. The lowest BCUT2D eigenvalue weighted by Crippen LogP contribution is -2.31. The van der Waals surface area contributed by atoms with E-state index in [9.17, 15) is 18.8 Å². The maximum absolute atomic E-state index is 13.6. The van der Waals surface area contributed by atoms with E-state index in [2.05, 4.69) is 10.4 Å². The Labute approximate surface area is 173 Å². The summed E-state index contributed by atoms with van der Waals surface area (Å²) in [7, 11) is 0. The second-order valence-corrected chi connectivity index (χ2v) is 6.90. The third-order valence-electron chi connectivity index (χ3n) is 4.08. The van der Waals surface area contributed by atoms with Crippen molar-refractivity contribution in [3.63, 3.8) is 0 Å². The van der Waals surface area contributed by atoms with Crippen LogP contribution < -0.4 is 10.9 Å². The molecule has 3 N–H and O–H groups in total. The summed E-state index contributed by atoms with van der Waals surface area (Å²) in [5, 5.41) is 14.6. The average Bonchev–Trinajstić information content (AvgIpc) is 3.05. The Morgan fingerprint density at radius 3 is 2.55 bits per heavy atom. The smallest absolute Gasteiger partial charge is 0.305 e. The molecule has 1 amide bonds. The van der Waals surface area contributed by atoms with Gasteiger partial charge in [-0.1, -0.05) is 35.3 Å². The first-order valence-electron chi connectivity index (χ1n) is 8.31. The number of carbonyl (C=O) groups is 2. The number of aromatic nitrogens is 2. The molecular formula is C19H14Cl2FN3O4. The molecule has 10 heteroatoms. The third-order valence-corrected chi connectivity index (χ3v) is 4.74. The van der Waals surface area contributed by atoms with E-state index in [0.29, 0.717) is 10.7 Å². The lowest BCUT2D eigenvalue weighted by atomic mass is 10.0. The molecule has 1 unspecified atom stereocenters. The number of H-pyrrole nitrogens is 1. The number of aliphatic carboxylic acids is 1. The van der Waals surface area contributed by atoms with Gasteiger partial charge in [0.15, 0.2) is 0 Å². The van der Waals surface area contributed by atoms with Gasteiger partial charge < -0.3 is 10.4 Å². The van der Waals surface area contributed by atoms with Gasteiger partial charge in [0.05, 0.1) is 23.2 Å². The average molecular weight is 438 g/mol. The number of carboxylic acid groups (broad SMARTS) is 1. The summed E-state index contributed by atoms with van der Waals surface area (Å²) in [6, 6.07) is 9.89. The minimum atomic E-state index is -1.22. The minimum absolute atomic E-state index is 0.0973. The number of benzene rings is 2. The van der Waals surface area contributed by atoms with Crippen molar-refractivity contribution in [2.75, 3.05) is 0 Å². The molecule has 0 aliphatic carbocycles. The van der Waals surface area contributed by atoms with Gasteiger partial charge in [-0.2, -0.15) is 0 Å². The first-order valence-corrected chi connectivity index (χ1v) is 9.06. The molecule has 1 aromatic heterocycles. The molecule has 2 aromatic carbocycles. The fourth-order valence-corrected chi connectivity index (χ4v) is 3.22. The van der Waals surface area contributed by atoms with Crippen molar-refractivity contribution in [3.8, 4) is 5.69 Å². The molecule has 0 aliphatic heterocycles. The molecule has 0 bridgehead atoms. The number of nitrogens with zero attached hydrogens (tertiary/aromatic N) is 1. The number of halogens is 3. The van der Waals surface area contributed by atoms with E-state index in [0.717, 1.165) is 22.9 Å². The fourth-order valence-electron chi connectivity index (χ4n) is 2.76. The van der Waals surface area contributed by atoms with Crippen LogP contribution in [0, 0.1) is 5.82 Å². The van der Waals surface area contributed by atoms with E-state index < -0.39 is 35.7 Å². The summed E-state index contributed by atoms with van der Waals surface area (Å²) in [4.78, 5) is 36.1. The molecular weight excluding hydrogens is 424 g/mol. The molecule has 3 aromatic rings. The number of para-hydroxylation sites is 1. The molecule has 0 spiro atoms. The van der Waals surface area contributed by atoms with Crippen LogP contribution in [0.4, 0.5) is 4.39 Å². The van der Waals surface area contributed by atoms with E-state index in [1.807, 2.05) is 0 Å². The van der Waals surface area contributed by atoms with Crippen molar-refractivity contribution in [1.29, 1.82) is 0 Å². The maximum atomic E-state index is 13.6. The zero-order valence-corrected chi connectivity index (χ0v) is 16.2. The van der Waals surface area contributed by atoms with E-state index in [1.165, 1.54) is 6.07 Å². The van der Waals surface area contributed by atoms with Crippen LogP contribution in [0.1, 0.15) is 28.5 Å². The quantitative estimate of drug-likeness (QED) is 0.548. The topological polar surface area (TPSA) is 104 Å². The summed E-state index contributed by atoms with van der Waals surface area (Å²) in [6.07, 6.45) is -0.537. The minimum Gasteiger partial charge on any atom is -0.481 e. The van der Waals surface area contributed by atoms with Crippen molar-refractivity contribution in [2.45, 2.75) is 12.5 Å². The molecule has 7 nitrogen and oxygen atoms in total. The Morgan fingerprint density at radius 2 is 1.86 bits per heavy atom. The number of nitrogens with one attached hydrogen (secondary N) is 2. The highest BCUT2D eigenvalue weighted by molar-refractivity contribution is 6.32. The number of carbonyl (C=O) groups excluding carboxylic acids is 1. The third kappa shape index (κ3) is 4.67. The second-order valence-electron chi connectivity index (χ2n) is 6.08. The van der Waals surface area contributed by atoms with Gasteiger partial charge in [0.25, 0.3) is 11.5 Å². The molecule has 1 heterocycles. The van der Waals surface area contributed by atoms with Crippen molar-refractivity contribution >= 4 is 35.1 Å².